The number of benzene rings is 1. The number of ether oxygens (including phenoxy) is 1. The molecule has 7 heteroatoms. The maximum Gasteiger partial charge on any atom is 0.229 e. The first-order valence-corrected chi connectivity index (χ1v) is 8.17. The maximum absolute atomic E-state index is 14.3. The highest BCUT2D eigenvalue weighted by Crippen LogP contribution is 2.28. The van der Waals surface area contributed by atoms with Gasteiger partial charge in [0.15, 0.2) is 5.78 Å². The minimum atomic E-state index is -0.470. The van der Waals surface area contributed by atoms with E-state index < -0.39 is 5.82 Å². The van der Waals surface area contributed by atoms with Crippen LogP contribution in [-0.2, 0) is 6.54 Å². The molecule has 0 aliphatic rings. The standard InChI is InChI=1S/C19H20FN3O3/c1-10-18(12(3)24)11(2)23(22-10)9-17-13(4)26-19(21-17)15-7-6-14(25-5)8-16(15)20/h6-8H,9H2,1-5H3. The van der Waals surface area contributed by atoms with Crippen LogP contribution in [-0.4, -0.2) is 27.7 Å². The van der Waals surface area contributed by atoms with Crippen LogP contribution < -0.4 is 4.74 Å². The summed E-state index contributed by atoms with van der Waals surface area (Å²) in [6.45, 7) is 7.27. The largest absolute Gasteiger partial charge is 0.497 e. The van der Waals surface area contributed by atoms with Gasteiger partial charge in [-0.3, -0.25) is 9.48 Å². The number of aromatic nitrogens is 3. The van der Waals surface area contributed by atoms with Crippen LogP contribution in [0, 0.1) is 26.6 Å². The van der Waals surface area contributed by atoms with Gasteiger partial charge in [0.25, 0.3) is 0 Å². The number of hydrogen-bond acceptors (Lipinski definition) is 5. The minimum absolute atomic E-state index is 0.0240. The first-order valence-electron chi connectivity index (χ1n) is 8.17. The fourth-order valence-electron chi connectivity index (χ4n) is 2.99. The number of halogens is 1. The number of oxazole rings is 1. The lowest BCUT2D eigenvalue weighted by atomic mass is 10.1. The summed E-state index contributed by atoms with van der Waals surface area (Å²) in [7, 11) is 1.48. The van der Waals surface area contributed by atoms with Crippen LogP contribution >= 0.6 is 0 Å². The number of carbonyl (C=O) groups excluding carboxylic acids is 1. The number of rotatable bonds is 5. The van der Waals surface area contributed by atoms with Gasteiger partial charge >= 0.3 is 0 Å². The van der Waals surface area contributed by atoms with Crippen molar-refractivity contribution >= 4 is 5.78 Å². The Kier molecular flexibility index (Phi) is 4.63. The van der Waals surface area contributed by atoms with Crippen LogP contribution in [0.4, 0.5) is 4.39 Å². The average Bonchev–Trinajstić information content (AvgIpc) is 3.07. The highest BCUT2D eigenvalue weighted by atomic mass is 19.1. The topological polar surface area (TPSA) is 70.2 Å². The van der Waals surface area contributed by atoms with Gasteiger partial charge < -0.3 is 9.15 Å². The second-order valence-electron chi connectivity index (χ2n) is 6.13. The predicted molar refractivity (Wildman–Crippen MR) is 94.0 cm³/mol. The summed E-state index contributed by atoms with van der Waals surface area (Å²) in [6, 6.07) is 4.51. The second-order valence-corrected chi connectivity index (χ2v) is 6.13. The van der Waals surface area contributed by atoms with Gasteiger partial charge in [0.05, 0.1) is 30.5 Å². The van der Waals surface area contributed by atoms with Crippen LogP contribution in [0.25, 0.3) is 11.5 Å². The minimum Gasteiger partial charge on any atom is -0.497 e. The molecule has 0 aliphatic heterocycles. The van der Waals surface area contributed by atoms with E-state index in [4.69, 9.17) is 9.15 Å². The molecule has 136 valence electrons. The molecule has 2 aromatic heterocycles. The van der Waals surface area contributed by atoms with E-state index in [0.29, 0.717) is 35.0 Å². The van der Waals surface area contributed by atoms with Crippen LogP contribution in [0.3, 0.4) is 0 Å². The van der Waals surface area contributed by atoms with E-state index in [1.165, 1.54) is 20.1 Å². The zero-order chi connectivity index (χ0) is 19.0. The van der Waals surface area contributed by atoms with Gasteiger partial charge in [-0.15, -0.1) is 0 Å². The first-order chi connectivity index (χ1) is 12.3. The Balaban J connectivity index is 1.95. The van der Waals surface area contributed by atoms with E-state index in [-0.39, 0.29) is 17.2 Å². The Morgan fingerprint density at radius 1 is 1.31 bits per heavy atom. The molecule has 0 saturated heterocycles. The SMILES string of the molecule is COc1ccc(-c2nc(Cn3nc(C)c(C(C)=O)c3C)c(C)o2)c(F)c1. The highest BCUT2D eigenvalue weighted by molar-refractivity contribution is 5.96. The van der Waals surface area contributed by atoms with Crippen molar-refractivity contribution in [2.24, 2.45) is 0 Å². The van der Waals surface area contributed by atoms with E-state index in [1.54, 1.807) is 30.7 Å². The van der Waals surface area contributed by atoms with Gasteiger partial charge in [-0.25, -0.2) is 9.37 Å². The van der Waals surface area contributed by atoms with Crippen LogP contribution in [0.15, 0.2) is 22.6 Å². The van der Waals surface area contributed by atoms with E-state index in [2.05, 4.69) is 10.1 Å². The van der Waals surface area contributed by atoms with E-state index in [0.717, 1.165) is 5.69 Å². The zero-order valence-corrected chi connectivity index (χ0v) is 15.4. The van der Waals surface area contributed by atoms with Crippen molar-refractivity contribution in [3.05, 3.63) is 52.4 Å². The smallest absolute Gasteiger partial charge is 0.229 e. The number of ketones is 1. The van der Waals surface area contributed by atoms with Gasteiger partial charge in [-0.05, 0) is 39.8 Å². The Morgan fingerprint density at radius 3 is 2.62 bits per heavy atom. The average molecular weight is 357 g/mol. The van der Waals surface area contributed by atoms with Gasteiger partial charge in [-0.2, -0.15) is 5.10 Å². The number of carbonyl (C=O) groups is 1. The maximum atomic E-state index is 14.3. The summed E-state index contributed by atoms with van der Waals surface area (Å²) >= 11 is 0. The fourth-order valence-corrected chi connectivity index (χ4v) is 2.99. The van der Waals surface area contributed by atoms with Crippen molar-refractivity contribution in [3.8, 4) is 17.2 Å². The third-order valence-electron chi connectivity index (χ3n) is 4.33. The highest BCUT2D eigenvalue weighted by Gasteiger charge is 2.19. The summed E-state index contributed by atoms with van der Waals surface area (Å²) in [5.74, 6) is 0.707. The molecule has 0 N–H and O–H groups in total. The zero-order valence-electron chi connectivity index (χ0n) is 15.4. The summed E-state index contributed by atoms with van der Waals surface area (Å²) in [5.41, 5.74) is 2.97. The molecular formula is C19H20FN3O3. The van der Waals surface area contributed by atoms with E-state index in [9.17, 15) is 9.18 Å². The molecule has 0 radical (unpaired) electrons. The molecule has 0 unspecified atom stereocenters. The van der Waals surface area contributed by atoms with Crippen LogP contribution in [0.1, 0.15) is 40.1 Å². The van der Waals surface area contributed by atoms with Crippen LogP contribution in [0.5, 0.6) is 5.75 Å². The van der Waals surface area contributed by atoms with Crippen molar-refractivity contribution in [2.75, 3.05) is 7.11 Å². The quantitative estimate of drug-likeness (QED) is 0.649. The lowest BCUT2D eigenvalue weighted by molar-refractivity contribution is 0.101. The number of hydrogen-bond donors (Lipinski definition) is 0. The van der Waals surface area contributed by atoms with Gasteiger partial charge in [0, 0.05) is 11.8 Å². The lowest BCUT2D eigenvalue weighted by Crippen LogP contribution is -2.06. The van der Waals surface area contributed by atoms with Gasteiger partial charge in [0.2, 0.25) is 5.89 Å². The number of methoxy groups -OCH3 is 1. The molecule has 0 atom stereocenters. The number of aryl methyl sites for hydroxylation is 2. The number of Topliss-reactive ketones (excluding diaryl/α,β-unsaturated/α-hetero) is 1. The summed E-state index contributed by atoms with van der Waals surface area (Å²) < 4.78 is 26.6. The normalized spacial score (nSPS) is 11.0. The van der Waals surface area contributed by atoms with Crippen molar-refractivity contribution in [2.45, 2.75) is 34.2 Å². The van der Waals surface area contributed by atoms with E-state index >= 15 is 0 Å². The molecule has 0 saturated carbocycles. The van der Waals surface area contributed by atoms with Crippen molar-refractivity contribution < 1.29 is 18.3 Å². The first kappa shape index (κ1) is 17.8. The van der Waals surface area contributed by atoms with Gasteiger partial charge in [-0.1, -0.05) is 0 Å². The Morgan fingerprint density at radius 2 is 2.04 bits per heavy atom. The lowest BCUT2D eigenvalue weighted by Gasteiger charge is -2.03. The summed E-state index contributed by atoms with van der Waals surface area (Å²) in [4.78, 5) is 16.2. The summed E-state index contributed by atoms with van der Waals surface area (Å²) in [5, 5.41) is 4.41. The van der Waals surface area contributed by atoms with E-state index in [1.807, 2.05) is 6.92 Å². The Hall–Kier alpha value is -2.96. The molecular weight excluding hydrogens is 337 g/mol. The molecule has 0 aliphatic carbocycles. The molecule has 0 fully saturated rings. The molecule has 0 bridgehead atoms. The molecule has 6 nitrogen and oxygen atoms in total. The third kappa shape index (κ3) is 3.12. The number of nitrogens with zero attached hydrogens (tertiary/aromatic N) is 3. The summed E-state index contributed by atoms with van der Waals surface area (Å²) in [6.07, 6.45) is 0. The van der Waals surface area contributed by atoms with Crippen molar-refractivity contribution in [1.82, 2.24) is 14.8 Å². The van der Waals surface area contributed by atoms with Crippen molar-refractivity contribution in [1.29, 1.82) is 0 Å². The molecule has 1 aromatic carbocycles. The molecule has 0 spiro atoms. The fraction of sp³-hybridized carbons (Fsp3) is 0.316. The third-order valence-corrected chi connectivity index (χ3v) is 4.33. The van der Waals surface area contributed by atoms with Gasteiger partial charge in [0.1, 0.15) is 23.0 Å². The second kappa shape index (κ2) is 6.74. The Bertz CT molecular complexity index is 988. The predicted octanol–water partition coefficient (Wildman–Crippen LogP) is 3.86. The molecule has 3 rings (SSSR count). The Labute approximate surface area is 150 Å². The molecule has 2 heterocycles. The monoisotopic (exact) mass is 357 g/mol. The van der Waals surface area contributed by atoms with Crippen LogP contribution in [0.2, 0.25) is 0 Å². The molecule has 0 amide bonds. The van der Waals surface area contributed by atoms with Crippen molar-refractivity contribution in [3.63, 3.8) is 0 Å². The molecule has 26 heavy (non-hydrogen) atoms. The molecule has 3 aromatic rings.